The molecule has 0 aromatic heterocycles. The number of alkyl halides is 1. The normalized spacial score (nSPS) is 23.8. The van der Waals surface area contributed by atoms with Gasteiger partial charge in [0, 0.05) is 12.6 Å². The first-order chi connectivity index (χ1) is 11.0. The summed E-state index contributed by atoms with van der Waals surface area (Å²) in [5, 5.41) is 0.299. The van der Waals surface area contributed by atoms with Crippen LogP contribution in [0.5, 0.6) is 0 Å². The molecular formula is C17H29BrN2O4. The van der Waals surface area contributed by atoms with Crippen molar-refractivity contribution in [1.29, 1.82) is 0 Å². The zero-order valence-corrected chi connectivity index (χ0v) is 16.9. The van der Waals surface area contributed by atoms with E-state index in [1.54, 1.807) is 4.90 Å². The van der Waals surface area contributed by atoms with Gasteiger partial charge in [-0.2, -0.15) is 0 Å². The molecule has 0 aromatic carbocycles. The van der Waals surface area contributed by atoms with Gasteiger partial charge in [0.25, 0.3) is 0 Å². The van der Waals surface area contributed by atoms with Crippen molar-refractivity contribution in [1.82, 2.24) is 9.80 Å². The van der Waals surface area contributed by atoms with Crippen molar-refractivity contribution in [3.8, 4) is 0 Å². The van der Waals surface area contributed by atoms with Crippen LogP contribution in [0.4, 0.5) is 4.79 Å². The van der Waals surface area contributed by atoms with Gasteiger partial charge in [-0.05, 0) is 53.9 Å². The van der Waals surface area contributed by atoms with Crippen LogP contribution in [0.2, 0.25) is 0 Å². The van der Waals surface area contributed by atoms with E-state index in [1.807, 2.05) is 39.5 Å². The van der Waals surface area contributed by atoms with E-state index in [2.05, 4.69) is 15.9 Å². The summed E-state index contributed by atoms with van der Waals surface area (Å²) in [7, 11) is 0. The molecule has 24 heavy (non-hydrogen) atoms. The van der Waals surface area contributed by atoms with Crippen molar-refractivity contribution >= 4 is 27.9 Å². The van der Waals surface area contributed by atoms with Gasteiger partial charge in [-0.15, -0.1) is 0 Å². The lowest BCUT2D eigenvalue weighted by molar-refractivity contribution is -0.133. The molecule has 1 atom stereocenters. The fraction of sp³-hybridized carbons (Fsp3) is 0.882. The van der Waals surface area contributed by atoms with E-state index in [9.17, 15) is 9.59 Å². The number of nitrogens with zero attached hydrogens (tertiary/aromatic N) is 2. The lowest BCUT2D eigenvalue weighted by atomic mass is 9.91. The maximum absolute atomic E-state index is 12.7. The van der Waals surface area contributed by atoms with Crippen LogP contribution in [0.3, 0.4) is 0 Å². The molecule has 0 N–H and O–H groups in total. The first kappa shape index (κ1) is 19.5. The minimum Gasteiger partial charge on any atom is -0.444 e. The summed E-state index contributed by atoms with van der Waals surface area (Å²) in [6.45, 7) is 10.1. The van der Waals surface area contributed by atoms with Crippen LogP contribution in [-0.4, -0.2) is 63.7 Å². The summed E-state index contributed by atoms with van der Waals surface area (Å²) in [4.78, 5) is 28.5. The summed E-state index contributed by atoms with van der Waals surface area (Å²) in [6, 6.07) is 0.0812. The third-order valence-electron chi connectivity index (χ3n) is 4.52. The smallest absolute Gasteiger partial charge is 0.412 e. The Morgan fingerprint density at radius 1 is 1.33 bits per heavy atom. The van der Waals surface area contributed by atoms with E-state index in [0.29, 0.717) is 18.5 Å². The molecule has 1 aliphatic carbocycles. The van der Waals surface area contributed by atoms with Crippen molar-refractivity contribution in [3.63, 3.8) is 0 Å². The number of rotatable bonds is 4. The SMILES string of the molecule is CC(C)(C)OC(=O)N1[C@@H](CN(C(=O)CBr)C2CCC2)COC1(C)C. The van der Waals surface area contributed by atoms with E-state index in [-0.39, 0.29) is 18.0 Å². The van der Waals surface area contributed by atoms with Gasteiger partial charge < -0.3 is 14.4 Å². The highest BCUT2D eigenvalue weighted by Crippen LogP contribution is 2.32. The van der Waals surface area contributed by atoms with Gasteiger partial charge in [-0.1, -0.05) is 15.9 Å². The third kappa shape index (κ3) is 4.42. The second kappa shape index (κ2) is 7.20. The van der Waals surface area contributed by atoms with Crippen LogP contribution >= 0.6 is 15.9 Å². The first-order valence-electron chi connectivity index (χ1n) is 8.57. The minimum absolute atomic E-state index is 0.0635. The molecule has 0 unspecified atom stereocenters. The number of amides is 2. The molecule has 2 aliphatic rings. The summed E-state index contributed by atoms with van der Waals surface area (Å²) in [5.74, 6) is 0.0635. The van der Waals surface area contributed by atoms with Crippen molar-refractivity contribution in [3.05, 3.63) is 0 Å². The molecule has 1 saturated carbocycles. The Labute approximate surface area is 153 Å². The van der Waals surface area contributed by atoms with Crippen molar-refractivity contribution in [2.45, 2.75) is 77.3 Å². The fourth-order valence-corrected chi connectivity index (χ4v) is 3.48. The Morgan fingerprint density at radius 3 is 2.42 bits per heavy atom. The maximum Gasteiger partial charge on any atom is 0.412 e. The zero-order valence-electron chi connectivity index (χ0n) is 15.3. The monoisotopic (exact) mass is 404 g/mol. The van der Waals surface area contributed by atoms with Gasteiger partial charge >= 0.3 is 6.09 Å². The predicted molar refractivity (Wildman–Crippen MR) is 95.0 cm³/mol. The first-order valence-corrected chi connectivity index (χ1v) is 9.69. The summed E-state index contributed by atoms with van der Waals surface area (Å²) in [6.07, 6.45) is 2.82. The summed E-state index contributed by atoms with van der Waals surface area (Å²) in [5.41, 5.74) is -1.31. The highest BCUT2D eigenvalue weighted by Gasteiger charge is 2.47. The molecule has 2 fully saturated rings. The molecule has 0 radical (unpaired) electrons. The van der Waals surface area contributed by atoms with Crippen molar-refractivity contribution in [2.75, 3.05) is 18.5 Å². The summed E-state index contributed by atoms with van der Waals surface area (Å²) < 4.78 is 11.4. The van der Waals surface area contributed by atoms with Crippen LogP contribution in [0, 0.1) is 0 Å². The number of hydrogen-bond donors (Lipinski definition) is 0. The molecule has 1 saturated heterocycles. The van der Waals surface area contributed by atoms with E-state index < -0.39 is 17.4 Å². The lowest BCUT2D eigenvalue weighted by Gasteiger charge is -2.41. The van der Waals surface area contributed by atoms with E-state index in [4.69, 9.17) is 9.47 Å². The molecule has 1 aliphatic heterocycles. The van der Waals surface area contributed by atoms with E-state index >= 15 is 0 Å². The Morgan fingerprint density at radius 2 is 1.96 bits per heavy atom. The number of carbonyl (C=O) groups excluding carboxylic acids is 2. The van der Waals surface area contributed by atoms with Crippen molar-refractivity contribution < 1.29 is 19.1 Å². The van der Waals surface area contributed by atoms with Crippen LogP contribution in [-0.2, 0) is 14.3 Å². The molecule has 0 spiro atoms. The number of carbonyl (C=O) groups is 2. The quantitative estimate of drug-likeness (QED) is 0.675. The van der Waals surface area contributed by atoms with Gasteiger partial charge in [-0.3, -0.25) is 9.69 Å². The van der Waals surface area contributed by atoms with Crippen molar-refractivity contribution in [2.24, 2.45) is 0 Å². The van der Waals surface area contributed by atoms with E-state index in [0.717, 1.165) is 19.3 Å². The molecule has 0 aromatic rings. The lowest BCUT2D eigenvalue weighted by Crippen LogP contribution is -2.56. The second-order valence-electron chi connectivity index (χ2n) is 8.03. The van der Waals surface area contributed by atoms with Gasteiger partial charge in [0.1, 0.15) is 11.3 Å². The number of hydrogen-bond acceptors (Lipinski definition) is 4. The molecule has 2 amide bonds. The standard InChI is InChI=1S/C17H29BrN2O4/c1-16(2,3)24-15(22)20-13(11-23-17(20,4)5)10-19(14(21)9-18)12-7-6-8-12/h12-13H,6-11H2,1-5H3/t13-/m0/s1. The maximum atomic E-state index is 12.7. The second-order valence-corrected chi connectivity index (χ2v) is 8.59. The predicted octanol–water partition coefficient (Wildman–Crippen LogP) is 3.13. The fourth-order valence-electron chi connectivity index (χ4n) is 3.15. The van der Waals surface area contributed by atoms with Crippen LogP contribution in [0.15, 0.2) is 0 Å². The van der Waals surface area contributed by atoms with Gasteiger partial charge in [0.15, 0.2) is 0 Å². The van der Waals surface area contributed by atoms with Gasteiger partial charge in [0.2, 0.25) is 5.91 Å². The Balaban J connectivity index is 2.14. The Hall–Kier alpha value is -0.820. The topological polar surface area (TPSA) is 59.1 Å². The molecule has 7 heteroatoms. The third-order valence-corrected chi connectivity index (χ3v) is 5.00. The molecule has 0 bridgehead atoms. The van der Waals surface area contributed by atoms with Gasteiger partial charge in [-0.25, -0.2) is 4.79 Å². The summed E-state index contributed by atoms with van der Waals surface area (Å²) >= 11 is 3.26. The largest absolute Gasteiger partial charge is 0.444 e. The highest BCUT2D eigenvalue weighted by atomic mass is 79.9. The van der Waals surface area contributed by atoms with Crippen LogP contribution < -0.4 is 0 Å². The highest BCUT2D eigenvalue weighted by molar-refractivity contribution is 9.09. The number of halogens is 1. The molecule has 1 heterocycles. The molecule has 6 nitrogen and oxygen atoms in total. The molecule has 2 rings (SSSR count). The Bertz CT molecular complexity index is 485. The molecular weight excluding hydrogens is 376 g/mol. The van der Waals surface area contributed by atoms with Crippen LogP contribution in [0.1, 0.15) is 53.9 Å². The Kier molecular flexibility index (Phi) is 5.85. The minimum atomic E-state index is -0.740. The van der Waals surface area contributed by atoms with Gasteiger partial charge in [0.05, 0.1) is 18.0 Å². The number of ether oxygens (including phenoxy) is 2. The van der Waals surface area contributed by atoms with Crippen LogP contribution in [0.25, 0.3) is 0 Å². The average Bonchev–Trinajstić information content (AvgIpc) is 2.68. The zero-order chi connectivity index (χ0) is 18.1. The average molecular weight is 405 g/mol. The van der Waals surface area contributed by atoms with E-state index in [1.165, 1.54) is 0 Å². The molecule has 138 valence electrons.